The van der Waals surface area contributed by atoms with Crippen molar-refractivity contribution in [2.75, 3.05) is 13.2 Å². The van der Waals surface area contributed by atoms with Gasteiger partial charge in [-0.05, 0) is 46.9 Å². The molecule has 7 heteroatoms. The molecule has 2 amide bonds. The molecule has 1 aliphatic heterocycles. The molecule has 1 heterocycles. The molecule has 2 aromatic carbocycles. The lowest BCUT2D eigenvalue weighted by Crippen LogP contribution is -2.46. The zero-order chi connectivity index (χ0) is 25.2. The Bertz CT molecular complexity index is 1070. The van der Waals surface area contributed by atoms with Gasteiger partial charge in [-0.15, -0.1) is 0 Å². The Morgan fingerprint density at radius 3 is 2.26 bits per heavy atom. The first-order chi connectivity index (χ1) is 16.7. The summed E-state index contributed by atoms with van der Waals surface area (Å²) in [4.78, 5) is 38.6. The average Bonchev–Trinajstić information content (AvgIpc) is 3.34. The van der Waals surface area contributed by atoms with Gasteiger partial charge in [-0.1, -0.05) is 69.3 Å². The maximum Gasteiger partial charge on any atom is 0.407 e. The molecule has 0 spiro atoms. The van der Waals surface area contributed by atoms with Gasteiger partial charge in [0, 0.05) is 24.9 Å². The smallest absolute Gasteiger partial charge is 0.407 e. The normalized spacial score (nSPS) is 19.1. The van der Waals surface area contributed by atoms with Crippen LogP contribution in [0.1, 0.15) is 63.5 Å². The highest BCUT2D eigenvalue weighted by atomic mass is 16.5. The highest BCUT2D eigenvalue weighted by Gasteiger charge is 2.47. The molecule has 0 bridgehead atoms. The standard InChI is InChI=1S/C28H34N2O5/c1-4-18(13-14-24(31)30-16-15-28(2,3)25(30)26(32)33)29-27(34)35-17-23-21-11-7-5-9-19(21)20-10-6-8-12-22(20)23/h5-12,18,23,25H,4,13-17H2,1-3H3,(H,29,34)(H,32,33). The van der Waals surface area contributed by atoms with Crippen LogP contribution < -0.4 is 5.32 Å². The molecule has 1 fully saturated rings. The molecule has 0 radical (unpaired) electrons. The summed E-state index contributed by atoms with van der Waals surface area (Å²) < 4.78 is 5.63. The van der Waals surface area contributed by atoms with Crippen molar-refractivity contribution in [3.63, 3.8) is 0 Å². The van der Waals surface area contributed by atoms with Gasteiger partial charge in [0.1, 0.15) is 12.6 Å². The van der Waals surface area contributed by atoms with Crippen molar-refractivity contribution in [3.05, 3.63) is 59.7 Å². The van der Waals surface area contributed by atoms with Crippen molar-refractivity contribution in [2.24, 2.45) is 5.41 Å². The molecule has 2 aromatic rings. The van der Waals surface area contributed by atoms with Crippen LogP contribution in [0.25, 0.3) is 11.1 Å². The summed E-state index contributed by atoms with van der Waals surface area (Å²) in [7, 11) is 0. The topological polar surface area (TPSA) is 95.9 Å². The predicted octanol–water partition coefficient (Wildman–Crippen LogP) is 4.80. The largest absolute Gasteiger partial charge is 0.480 e. The molecule has 186 valence electrons. The molecule has 1 saturated heterocycles. The van der Waals surface area contributed by atoms with Crippen LogP contribution in [0.15, 0.2) is 48.5 Å². The van der Waals surface area contributed by atoms with E-state index in [-0.39, 0.29) is 30.9 Å². The number of alkyl carbamates (subject to hydrolysis) is 1. The van der Waals surface area contributed by atoms with E-state index in [0.29, 0.717) is 25.8 Å². The Morgan fingerprint density at radius 1 is 1.09 bits per heavy atom. The second kappa shape index (κ2) is 10.1. The molecule has 2 unspecified atom stereocenters. The Labute approximate surface area is 206 Å². The lowest BCUT2D eigenvalue weighted by atomic mass is 9.85. The number of aliphatic carboxylic acids is 1. The number of carboxylic acids is 1. The van der Waals surface area contributed by atoms with E-state index in [2.05, 4.69) is 29.6 Å². The van der Waals surface area contributed by atoms with E-state index in [1.165, 1.54) is 16.0 Å². The maximum atomic E-state index is 12.8. The van der Waals surface area contributed by atoms with Crippen molar-refractivity contribution < 1.29 is 24.2 Å². The Hall–Kier alpha value is -3.35. The summed E-state index contributed by atoms with van der Waals surface area (Å²) in [5, 5.41) is 12.5. The molecule has 2 aliphatic rings. The summed E-state index contributed by atoms with van der Waals surface area (Å²) in [5.41, 5.74) is 4.20. The number of carbonyl (C=O) groups excluding carboxylic acids is 2. The first-order valence-corrected chi connectivity index (χ1v) is 12.4. The second-order valence-corrected chi connectivity index (χ2v) is 10.2. The number of amides is 2. The molecule has 7 nitrogen and oxygen atoms in total. The third kappa shape index (κ3) is 5.04. The zero-order valence-electron chi connectivity index (χ0n) is 20.6. The van der Waals surface area contributed by atoms with Crippen LogP contribution in [0.4, 0.5) is 4.79 Å². The maximum absolute atomic E-state index is 12.8. The lowest BCUT2D eigenvalue weighted by molar-refractivity contribution is -0.151. The summed E-state index contributed by atoms with van der Waals surface area (Å²) in [6.07, 6.45) is 1.41. The highest BCUT2D eigenvalue weighted by molar-refractivity contribution is 5.85. The summed E-state index contributed by atoms with van der Waals surface area (Å²) in [6.45, 7) is 6.38. The van der Waals surface area contributed by atoms with Gasteiger partial charge in [-0.25, -0.2) is 9.59 Å². The number of nitrogens with zero attached hydrogens (tertiary/aromatic N) is 1. The van der Waals surface area contributed by atoms with Gasteiger partial charge in [0.15, 0.2) is 0 Å². The minimum Gasteiger partial charge on any atom is -0.480 e. The number of ether oxygens (including phenoxy) is 1. The molecular weight excluding hydrogens is 444 g/mol. The third-order valence-electron chi connectivity index (χ3n) is 7.47. The van der Waals surface area contributed by atoms with E-state index in [4.69, 9.17) is 4.74 Å². The van der Waals surface area contributed by atoms with Crippen LogP contribution in [0.2, 0.25) is 0 Å². The third-order valence-corrected chi connectivity index (χ3v) is 7.47. The zero-order valence-corrected chi connectivity index (χ0v) is 20.6. The van der Waals surface area contributed by atoms with Crippen molar-refractivity contribution >= 4 is 18.0 Å². The fourth-order valence-electron chi connectivity index (χ4n) is 5.46. The number of carbonyl (C=O) groups is 3. The first kappa shape index (κ1) is 24.8. The van der Waals surface area contributed by atoms with Crippen LogP contribution in [-0.4, -0.2) is 53.2 Å². The Balaban J connectivity index is 1.31. The van der Waals surface area contributed by atoms with Crippen LogP contribution in [0.5, 0.6) is 0 Å². The van der Waals surface area contributed by atoms with Gasteiger partial charge < -0.3 is 20.1 Å². The van der Waals surface area contributed by atoms with E-state index in [1.54, 1.807) is 0 Å². The van der Waals surface area contributed by atoms with Gasteiger partial charge in [0.2, 0.25) is 5.91 Å². The Kier molecular flexibility index (Phi) is 7.15. The van der Waals surface area contributed by atoms with Crippen molar-refractivity contribution in [2.45, 2.75) is 64.5 Å². The number of hydrogen-bond donors (Lipinski definition) is 2. The van der Waals surface area contributed by atoms with E-state index < -0.39 is 23.5 Å². The van der Waals surface area contributed by atoms with Gasteiger partial charge in [-0.2, -0.15) is 0 Å². The van der Waals surface area contributed by atoms with Gasteiger partial charge >= 0.3 is 12.1 Å². The number of benzene rings is 2. The van der Waals surface area contributed by atoms with Crippen molar-refractivity contribution in [1.82, 2.24) is 10.2 Å². The van der Waals surface area contributed by atoms with E-state index in [9.17, 15) is 19.5 Å². The lowest BCUT2D eigenvalue weighted by Gasteiger charge is -2.29. The number of carboxylic acid groups (broad SMARTS) is 1. The molecule has 0 aromatic heterocycles. The van der Waals surface area contributed by atoms with Crippen molar-refractivity contribution in [3.8, 4) is 11.1 Å². The predicted molar refractivity (Wildman–Crippen MR) is 133 cm³/mol. The molecule has 2 atom stereocenters. The molecular formula is C28H34N2O5. The van der Waals surface area contributed by atoms with Gasteiger partial charge in [0.25, 0.3) is 0 Å². The number of hydrogen-bond acceptors (Lipinski definition) is 4. The minimum atomic E-state index is -0.968. The van der Waals surface area contributed by atoms with E-state index in [0.717, 1.165) is 11.1 Å². The summed E-state index contributed by atoms with van der Waals surface area (Å²) in [6, 6.07) is 15.3. The van der Waals surface area contributed by atoms with Crippen LogP contribution in [0, 0.1) is 5.41 Å². The quantitative estimate of drug-likeness (QED) is 0.568. The Morgan fingerprint density at radius 2 is 1.69 bits per heavy atom. The molecule has 35 heavy (non-hydrogen) atoms. The SMILES string of the molecule is CCC(CCC(=O)N1CCC(C)(C)C1C(=O)O)NC(=O)OCC1c2ccccc2-c2ccccc21. The fraction of sp³-hybridized carbons (Fsp3) is 0.464. The second-order valence-electron chi connectivity index (χ2n) is 10.2. The van der Waals surface area contributed by atoms with Crippen LogP contribution >= 0.6 is 0 Å². The number of nitrogens with one attached hydrogen (secondary N) is 1. The van der Waals surface area contributed by atoms with Crippen LogP contribution in [-0.2, 0) is 14.3 Å². The summed E-state index contributed by atoms with van der Waals surface area (Å²) in [5.74, 6) is -1.17. The molecule has 4 rings (SSSR count). The molecule has 1 aliphatic carbocycles. The molecule has 2 N–H and O–H groups in total. The number of likely N-dealkylation sites (tertiary alicyclic amines) is 1. The van der Waals surface area contributed by atoms with E-state index >= 15 is 0 Å². The van der Waals surface area contributed by atoms with E-state index in [1.807, 2.05) is 45.0 Å². The van der Waals surface area contributed by atoms with Gasteiger partial charge in [-0.3, -0.25) is 4.79 Å². The minimum absolute atomic E-state index is 0.0127. The summed E-state index contributed by atoms with van der Waals surface area (Å²) >= 11 is 0. The number of fused-ring (bicyclic) bond motifs is 3. The fourth-order valence-corrected chi connectivity index (χ4v) is 5.46. The van der Waals surface area contributed by atoms with Crippen LogP contribution in [0.3, 0.4) is 0 Å². The monoisotopic (exact) mass is 478 g/mol. The molecule has 0 saturated carbocycles. The van der Waals surface area contributed by atoms with Gasteiger partial charge in [0.05, 0.1) is 0 Å². The number of rotatable bonds is 8. The first-order valence-electron chi connectivity index (χ1n) is 12.4. The highest BCUT2D eigenvalue weighted by Crippen LogP contribution is 2.44. The van der Waals surface area contributed by atoms with Crippen molar-refractivity contribution in [1.29, 1.82) is 0 Å². The average molecular weight is 479 g/mol.